The average molecular weight is 353 g/mol. The zero-order valence-electron chi connectivity index (χ0n) is 11.8. The van der Waals surface area contributed by atoms with Crippen LogP contribution in [0.2, 0.25) is 10.0 Å². The number of benzene rings is 1. The van der Waals surface area contributed by atoms with E-state index in [1.165, 1.54) is 16.4 Å². The first-order chi connectivity index (χ1) is 9.71. The van der Waals surface area contributed by atoms with Gasteiger partial charge in [-0.3, -0.25) is 0 Å². The molecule has 0 saturated carbocycles. The minimum Gasteiger partial charge on any atom is -0.392 e. The quantitative estimate of drug-likeness (QED) is 0.895. The predicted octanol–water partition coefficient (Wildman–Crippen LogP) is 1.68. The van der Waals surface area contributed by atoms with Crippen LogP contribution in [0.5, 0.6) is 0 Å². The molecule has 1 aliphatic rings. The fourth-order valence-corrected chi connectivity index (χ4v) is 4.95. The molecule has 0 spiro atoms. The zero-order chi connectivity index (χ0) is 15.8. The molecule has 1 aromatic carbocycles. The third kappa shape index (κ3) is 3.70. The number of β-amino-alcohol motifs (C(OH)–C–C–N with tert-alkyl or cyclic N) is 1. The van der Waals surface area contributed by atoms with Crippen molar-refractivity contribution in [1.82, 2.24) is 9.21 Å². The van der Waals surface area contributed by atoms with Crippen molar-refractivity contribution in [3.63, 3.8) is 0 Å². The normalized spacial score (nSPS) is 23.9. The van der Waals surface area contributed by atoms with Gasteiger partial charge in [0, 0.05) is 24.2 Å². The van der Waals surface area contributed by atoms with Gasteiger partial charge in [-0.2, -0.15) is 4.31 Å². The molecule has 1 heterocycles. The molecule has 0 aromatic heterocycles. The number of hydrogen-bond donors (Lipinski definition) is 1. The van der Waals surface area contributed by atoms with Crippen molar-refractivity contribution < 1.29 is 13.5 Å². The Hall–Kier alpha value is -0.370. The number of halogens is 2. The molecule has 2 rings (SSSR count). The lowest BCUT2D eigenvalue weighted by atomic mass is 10.2. The molecule has 0 aliphatic carbocycles. The second-order valence-electron chi connectivity index (χ2n) is 5.46. The molecular weight excluding hydrogens is 335 g/mol. The van der Waals surface area contributed by atoms with Crippen LogP contribution in [0, 0.1) is 0 Å². The van der Waals surface area contributed by atoms with E-state index in [4.69, 9.17) is 23.2 Å². The Kier molecular flexibility index (Phi) is 5.18. The number of aliphatic hydroxyl groups excluding tert-OH is 1. The second kappa shape index (κ2) is 6.40. The van der Waals surface area contributed by atoms with Gasteiger partial charge in [0.15, 0.2) is 0 Å². The highest BCUT2D eigenvalue weighted by Crippen LogP contribution is 2.32. The van der Waals surface area contributed by atoms with E-state index in [0.29, 0.717) is 18.0 Å². The fourth-order valence-electron chi connectivity index (χ4n) is 2.55. The van der Waals surface area contributed by atoms with Crippen LogP contribution >= 0.6 is 23.2 Å². The van der Waals surface area contributed by atoms with E-state index in [1.54, 1.807) is 6.07 Å². The molecular formula is C13H18Cl2N2O3S. The van der Waals surface area contributed by atoms with Crippen LogP contribution in [-0.4, -0.2) is 62.1 Å². The van der Waals surface area contributed by atoms with Crippen molar-refractivity contribution in [1.29, 1.82) is 0 Å². The molecule has 2 unspecified atom stereocenters. The standard InChI is InChI=1S/C13H18Cl2N2O3S/c1-16(2)7-10-6-11(18)8-17(10)21(19,20)13-5-9(14)3-4-12(13)15/h3-5,10-11,18H,6-8H2,1-2H3. The number of rotatable bonds is 4. The first-order valence-corrected chi connectivity index (χ1v) is 8.71. The van der Waals surface area contributed by atoms with Gasteiger partial charge in [0.05, 0.1) is 11.1 Å². The summed E-state index contributed by atoms with van der Waals surface area (Å²) in [6.45, 7) is 0.609. The summed E-state index contributed by atoms with van der Waals surface area (Å²) in [6, 6.07) is 4.06. The van der Waals surface area contributed by atoms with Crippen molar-refractivity contribution in [2.24, 2.45) is 0 Å². The number of sulfonamides is 1. The minimum absolute atomic E-state index is 0.0190. The highest BCUT2D eigenvalue weighted by molar-refractivity contribution is 7.89. The van der Waals surface area contributed by atoms with Gasteiger partial charge in [-0.25, -0.2) is 8.42 Å². The lowest BCUT2D eigenvalue weighted by molar-refractivity contribution is 0.188. The van der Waals surface area contributed by atoms with Crippen LogP contribution in [0.15, 0.2) is 23.1 Å². The van der Waals surface area contributed by atoms with E-state index in [0.717, 1.165) is 0 Å². The van der Waals surface area contributed by atoms with E-state index in [1.807, 2.05) is 19.0 Å². The van der Waals surface area contributed by atoms with Gasteiger partial charge in [0.2, 0.25) is 10.0 Å². The van der Waals surface area contributed by atoms with Gasteiger partial charge in [-0.15, -0.1) is 0 Å². The third-order valence-corrected chi connectivity index (χ3v) is 6.03. The lowest BCUT2D eigenvalue weighted by Gasteiger charge is -2.26. The Morgan fingerprint density at radius 3 is 2.67 bits per heavy atom. The maximum Gasteiger partial charge on any atom is 0.244 e. The Labute approximate surface area is 135 Å². The van der Waals surface area contributed by atoms with Crippen molar-refractivity contribution in [2.45, 2.75) is 23.5 Å². The summed E-state index contributed by atoms with van der Waals surface area (Å²) in [6.07, 6.45) is -0.252. The molecule has 1 aliphatic heterocycles. The monoisotopic (exact) mass is 352 g/mol. The number of hydrogen-bond acceptors (Lipinski definition) is 4. The predicted molar refractivity (Wildman–Crippen MR) is 83.3 cm³/mol. The topological polar surface area (TPSA) is 60.9 Å². The summed E-state index contributed by atoms with van der Waals surface area (Å²) in [5.41, 5.74) is 0. The molecule has 2 atom stereocenters. The average Bonchev–Trinajstić information content (AvgIpc) is 2.73. The highest BCUT2D eigenvalue weighted by Gasteiger charge is 2.40. The Morgan fingerprint density at radius 1 is 1.38 bits per heavy atom. The van der Waals surface area contributed by atoms with Gasteiger partial charge in [-0.05, 0) is 38.7 Å². The van der Waals surface area contributed by atoms with E-state index in [-0.39, 0.29) is 22.5 Å². The van der Waals surface area contributed by atoms with E-state index in [9.17, 15) is 13.5 Å². The number of aliphatic hydroxyl groups is 1. The van der Waals surface area contributed by atoms with Crippen molar-refractivity contribution >= 4 is 33.2 Å². The van der Waals surface area contributed by atoms with Crippen LogP contribution in [0.25, 0.3) is 0 Å². The number of likely N-dealkylation sites (N-methyl/N-ethyl adjacent to an activating group) is 1. The Balaban J connectivity index is 2.39. The summed E-state index contributed by atoms with van der Waals surface area (Å²) in [5.74, 6) is 0. The van der Waals surface area contributed by atoms with E-state index >= 15 is 0 Å². The molecule has 0 radical (unpaired) electrons. The van der Waals surface area contributed by atoms with Crippen molar-refractivity contribution in [3.05, 3.63) is 28.2 Å². The summed E-state index contributed by atoms with van der Waals surface area (Å²) in [4.78, 5) is 1.87. The van der Waals surface area contributed by atoms with E-state index in [2.05, 4.69) is 0 Å². The van der Waals surface area contributed by atoms with Gasteiger partial charge in [0.25, 0.3) is 0 Å². The molecule has 0 amide bonds. The largest absolute Gasteiger partial charge is 0.392 e. The first kappa shape index (κ1) is 17.0. The Bertz CT molecular complexity index is 622. The smallest absolute Gasteiger partial charge is 0.244 e. The molecule has 1 saturated heterocycles. The molecule has 118 valence electrons. The maximum absolute atomic E-state index is 12.8. The summed E-state index contributed by atoms with van der Waals surface area (Å²) in [7, 11) is -0.0634. The first-order valence-electron chi connectivity index (χ1n) is 6.51. The zero-order valence-corrected chi connectivity index (χ0v) is 14.2. The van der Waals surface area contributed by atoms with E-state index < -0.39 is 16.1 Å². The maximum atomic E-state index is 12.8. The molecule has 8 heteroatoms. The SMILES string of the molecule is CN(C)CC1CC(O)CN1S(=O)(=O)c1cc(Cl)ccc1Cl. The Morgan fingerprint density at radius 2 is 2.05 bits per heavy atom. The third-order valence-electron chi connectivity index (χ3n) is 3.40. The lowest BCUT2D eigenvalue weighted by Crippen LogP contribution is -2.41. The van der Waals surface area contributed by atoms with Gasteiger partial charge in [-0.1, -0.05) is 23.2 Å². The fraction of sp³-hybridized carbons (Fsp3) is 0.538. The molecule has 1 fully saturated rings. The van der Waals surface area contributed by atoms with Gasteiger partial charge >= 0.3 is 0 Å². The minimum atomic E-state index is -3.79. The molecule has 21 heavy (non-hydrogen) atoms. The number of nitrogens with zero attached hydrogens (tertiary/aromatic N) is 2. The van der Waals surface area contributed by atoms with Gasteiger partial charge < -0.3 is 10.0 Å². The second-order valence-corrected chi connectivity index (χ2v) is 8.16. The summed E-state index contributed by atoms with van der Waals surface area (Å²) >= 11 is 11.9. The van der Waals surface area contributed by atoms with Crippen molar-refractivity contribution in [3.8, 4) is 0 Å². The molecule has 1 aromatic rings. The van der Waals surface area contributed by atoms with Crippen LogP contribution in [-0.2, 0) is 10.0 Å². The highest BCUT2D eigenvalue weighted by atomic mass is 35.5. The van der Waals surface area contributed by atoms with Crippen LogP contribution < -0.4 is 0 Å². The van der Waals surface area contributed by atoms with Gasteiger partial charge in [0.1, 0.15) is 4.90 Å². The summed E-state index contributed by atoms with van der Waals surface area (Å²) < 4.78 is 26.9. The van der Waals surface area contributed by atoms with Crippen molar-refractivity contribution in [2.75, 3.05) is 27.2 Å². The van der Waals surface area contributed by atoms with Crippen LogP contribution in [0.1, 0.15) is 6.42 Å². The summed E-state index contributed by atoms with van der Waals surface area (Å²) in [5, 5.41) is 10.3. The molecule has 1 N–H and O–H groups in total. The van der Waals surface area contributed by atoms with Crippen LogP contribution in [0.4, 0.5) is 0 Å². The van der Waals surface area contributed by atoms with Crippen LogP contribution in [0.3, 0.4) is 0 Å². The molecule has 0 bridgehead atoms. The molecule has 5 nitrogen and oxygen atoms in total.